The maximum atomic E-state index is 13.2. The van der Waals surface area contributed by atoms with Gasteiger partial charge in [0.15, 0.2) is 11.6 Å². The minimum atomic E-state index is -0.698. The Bertz CT molecular complexity index is 390. The number of phenolic OH excluding ortho intramolecular Hbond substituents is 1. The molecule has 7 heteroatoms. The maximum Gasteiger partial charge on any atom is 0.165 e. The van der Waals surface area contributed by atoms with E-state index in [4.69, 9.17) is 5.11 Å². The van der Waals surface area contributed by atoms with Crippen molar-refractivity contribution in [2.24, 2.45) is 0 Å². The summed E-state index contributed by atoms with van der Waals surface area (Å²) in [5.74, 6) is -1.09. The zero-order chi connectivity index (χ0) is 12.3. The summed E-state index contributed by atoms with van der Waals surface area (Å²) in [6.45, 7) is 2.58. The monoisotopic (exact) mass is 314 g/mol. The third kappa shape index (κ3) is 4.45. The van der Waals surface area contributed by atoms with Crippen molar-refractivity contribution in [2.75, 3.05) is 32.9 Å². The molecule has 0 unspecified atom stereocenters. The number of rotatable bonds is 3. The number of hydrogen-bond donors (Lipinski definition) is 2. The van der Waals surface area contributed by atoms with Crippen molar-refractivity contribution in [3.05, 3.63) is 29.6 Å². The second-order valence-corrected chi connectivity index (χ2v) is 4.17. The average Bonchev–Trinajstić information content (AvgIpc) is 2.36. The fraction of sp³-hybridized carbons (Fsp3) is 0.500. The molecule has 0 aromatic heterocycles. The van der Waals surface area contributed by atoms with Gasteiger partial charge in [-0.25, -0.2) is 8.78 Å². The standard InChI is InChI=1S/C12H16F2N2O.2ClH/c13-8-11(16-5-3-15-4-6-16)9-1-2-12(17)10(14)7-9;;/h1-2,7,11,15,17H,3-6,8H2;2*1H/t11-;;/m0../s1. The van der Waals surface area contributed by atoms with E-state index in [9.17, 15) is 8.78 Å². The van der Waals surface area contributed by atoms with Crippen LogP contribution in [0.3, 0.4) is 0 Å². The normalized spacial score (nSPS) is 17.2. The van der Waals surface area contributed by atoms with Gasteiger partial charge in [0.05, 0.1) is 6.04 Å². The van der Waals surface area contributed by atoms with Gasteiger partial charge in [-0.2, -0.15) is 0 Å². The number of alkyl halides is 1. The van der Waals surface area contributed by atoms with Gasteiger partial charge in [-0.1, -0.05) is 6.07 Å². The highest BCUT2D eigenvalue weighted by atomic mass is 35.5. The molecule has 19 heavy (non-hydrogen) atoms. The van der Waals surface area contributed by atoms with Gasteiger partial charge in [0.1, 0.15) is 6.67 Å². The van der Waals surface area contributed by atoms with Crippen LogP contribution in [0.15, 0.2) is 18.2 Å². The Labute approximate surface area is 123 Å². The van der Waals surface area contributed by atoms with Crippen molar-refractivity contribution < 1.29 is 13.9 Å². The molecule has 1 fully saturated rings. The summed E-state index contributed by atoms with van der Waals surface area (Å²) < 4.78 is 26.4. The van der Waals surface area contributed by atoms with Crippen LogP contribution >= 0.6 is 24.8 Å². The van der Waals surface area contributed by atoms with Crippen molar-refractivity contribution in [1.29, 1.82) is 0 Å². The molecule has 1 aliphatic heterocycles. The van der Waals surface area contributed by atoms with Crippen molar-refractivity contribution in [3.8, 4) is 5.75 Å². The summed E-state index contributed by atoms with van der Waals surface area (Å²) in [5.41, 5.74) is 0.574. The third-order valence-corrected chi connectivity index (χ3v) is 3.10. The van der Waals surface area contributed by atoms with Crippen LogP contribution in [-0.4, -0.2) is 42.9 Å². The molecule has 1 heterocycles. The van der Waals surface area contributed by atoms with Gasteiger partial charge >= 0.3 is 0 Å². The first-order valence-corrected chi connectivity index (χ1v) is 5.71. The molecule has 110 valence electrons. The summed E-state index contributed by atoms with van der Waals surface area (Å²) in [5, 5.41) is 12.3. The zero-order valence-corrected chi connectivity index (χ0v) is 11.9. The smallest absolute Gasteiger partial charge is 0.165 e. The predicted molar refractivity (Wildman–Crippen MR) is 75.7 cm³/mol. The van der Waals surface area contributed by atoms with Crippen molar-refractivity contribution in [2.45, 2.75) is 6.04 Å². The molecule has 0 bridgehead atoms. The van der Waals surface area contributed by atoms with Crippen LogP contribution in [0.4, 0.5) is 8.78 Å². The van der Waals surface area contributed by atoms with Gasteiger partial charge in [-0.05, 0) is 17.7 Å². The third-order valence-electron chi connectivity index (χ3n) is 3.10. The molecule has 3 nitrogen and oxygen atoms in total. The second-order valence-electron chi connectivity index (χ2n) is 4.17. The topological polar surface area (TPSA) is 35.5 Å². The van der Waals surface area contributed by atoms with E-state index in [0.29, 0.717) is 5.56 Å². The summed E-state index contributed by atoms with van der Waals surface area (Å²) in [6.07, 6.45) is 0. The Morgan fingerprint density at radius 1 is 1.26 bits per heavy atom. The lowest BCUT2D eigenvalue weighted by Gasteiger charge is -2.33. The fourth-order valence-corrected chi connectivity index (χ4v) is 2.12. The lowest BCUT2D eigenvalue weighted by molar-refractivity contribution is 0.147. The Balaban J connectivity index is 0.00000162. The molecule has 0 spiro atoms. The van der Waals surface area contributed by atoms with Crippen molar-refractivity contribution in [3.63, 3.8) is 0 Å². The SMILES string of the molecule is Cl.Cl.Oc1ccc([C@H](CF)N2CCNCC2)cc1F. The summed E-state index contributed by atoms with van der Waals surface area (Å²) in [4.78, 5) is 1.99. The van der Waals surface area contributed by atoms with E-state index in [1.165, 1.54) is 12.1 Å². The number of phenols is 1. The fourth-order valence-electron chi connectivity index (χ4n) is 2.12. The van der Waals surface area contributed by atoms with Crippen LogP contribution in [0.5, 0.6) is 5.75 Å². The number of nitrogens with zero attached hydrogens (tertiary/aromatic N) is 1. The number of nitrogens with one attached hydrogen (secondary N) is 1. The average molecular weight is 315 g/mol. The van der Waals surface area contributed by atoms with E-state index < -0.39 is 24.3 Å². The quantitative estimate of drug-likeness (QED) is 0.898. The van der Waals surface area contributed by atoms with E-state index in [1.807, 2.05) is 4.90 Å². The van der Waals surface area contributed by atoms with Crippen LogP contribution in [0.1, 0.15) is 11.6 Å². The molecule has 1 aromatic carbocycles. The molecule has 1 saturated heterocycles. The first kappa shape index (κ1) is 18.4. The van der Waals surface area contributed by atoms with Gasteiger partial charge in [-0.3, -0.25) is 4.90 Å². The molecule has 1 atom stereocenters. The first-order valence-electron chi connectivity index (χ1n) is 5.71. The van der Waals surface area contributed by atoms with Gasteiger partial charge in [-0.15, -0.1) is 24.8 Å². The molecular weight excluding hydrogens is 297 g/mol. The maximum absolute atomic E-state index is 13.2. The van der Waals surface area contributed by atoms with Crippen LogP contribution in [-0.2, 0) is 0 Å². The summed E-state index contributed by atoms with van der Waals surface area (Å²) >= 11 is 0. The molecule has 1 aliphatic rings. The molecule has 0 radical (unpaired) electrons. The van der Waals surface area contributed by atoms with E-state index in [-0.39, 0.29) is 24.8 Å². The highest BCUT2D eigenvalue weighted by Gasteiger charge is 2.22. The zero-order valence-electron chi connectivity index (χ0n) is 10.3. The summed E-state index contributed by atoms with van der Waals surface area (Å²) in [7, 11) is 0. The Hall–Kier alpha value is -0.620. The number of hydrogen-bond acceptors (Lipinski definition) is 3. The van der Waals surface area contributed by atoms with Crippen LogP contribution in [0.25, 0.3) is 0 Å². The number of piperazine rings is 1. The Kier molecular flexibility index (Phi) is 8.25. The summed E-state index contributed by atoms with van der Waals surface area (Å²) in [6, 6.07) is 3.63. The number of halogens is 4. The van der Waals surface area contributed by atoms with Gasteiger partial charge in [0, 0.05) is 26.2 Å². The van der Waals surface area contributed by atoms with Crippen LogP contribution in [0.2, 0.25) is 0 Å². The first-order chi connectivity index (χ1) is 8.22. The largest absolute Gasteiger partial charge is 0.505 e. The highest BCUT2D eigenvalue weighted by Crippen LogP contribution is 2.25. The molecule has 2 rings (SSSR count). The van der Waals surface area contributed by atoms with Gasteiger partial charge in [0.2, 0.25) is 0 Å². The molecule has 2 N–H and O–H groups in total. The van der Waals surface area contributed by atoms with E-state index >= 15 is 0 Å². The minimum Gasteiger partial charge on any atom is -0.505 e. The molecule has 0 aliphatic carbocycles. The lowest BCUT2D eigenvalue weighted by Crippen LogP contribution is -2.45. The Morgan fingerprint density at radius 2 is 1.89 bits per heavy atom. The van der Waals surface area contributed by atoms with E-state index in [0.717, 1.165) is 26.2 Å². The minimum absolute atomic E-state index is 0. The molecule has 0 amide bonds. The highest BCUT2D eigenvalue weighted by molar-refractivity contribution is 5.85. The van der Waals surface area contributed by atoms with E-state index in [2.05, 4.69) is 5.32 Å². The van der Waals surface area contributed by atoms with Gasteiger partial charge in [0.25, 0.3) is 0 Å². The molecular formula is C12H18Cl2F2N2O. The van der Waals surface area contributed by atoms with Gasteiger partial charge < -0.3 is 10.4 Å². The second kappa shape index (κ2) is 8.53. The molecule has 0 saturated carbocycles. The van der Waals surface area contributed by atoms with Crippen molar-refractivity contribution >= 4 is 24.8 Å². The number of benzene rings is 1. The molecule has 1 aromatic rings. The van der Waals surface area contributed by atoms with Crippen LogP contribution in [0, 0.1) is 5.82 Å². The predicted octanol–water partition coefficient (Wildman–Crippen LogP) is 2.29. The lowest BCUT2D eigenvalue weighted by atomic mass is 10.1. The number of aromatic hydroxyl groups is 1. The van der Waals surface area contributed by atoms with Crippen LogP contribution < -0.4 is 5.32 Å². The van der Waals surface area contributed by atoms with E-state index in [1.54, 1.807) is 6.07 Å². The van der Waals surface area contributed by atoms with Crippen molar-refractivity contribution in [1.82, 2.24) is 10.2 Å². The Morgan fingerprint density at radius 3 is 2.42 bits per heavy atom.